The maximum absolute atomic E-state index is 2.46. The van der Waals surface area contributed by atoms with Gasteiger partial charge in [-0.1, -0.05) is 146 Å². The van der Waals surface area contributed by atoms with E-state index in [0.29, 0.717) is 0 Å². The third-order valence-electron chi connectivity index (χ3n) is 11.0. The van der Waals surface area contributed by atoms with Gasteiger partial charge in [0.25, 0.3) is 0 Å². The molecule has 2 aliphatic carbocycles. The van der Waals surface area contributed by atoms with Crippen LogP contribution in [-0.4, -0.2) is 4.57 Å². The van der Waals surface area contributed by atoms with Gasteiger partial charge in [0.15, 0.2) is 0 Å². The summed E-state index contributed by atoms with van der Waals surface area (Å²) in [6.07, 6.45) is 0. The van der Waals surface area contributed by atoms with Crippen molar-refractivity contribution in [2.75, 3.05) is 0 Å². The molecule has 1 aromatic heterocycles. The van der Waals surface area contributed by atoms with Gasteiger partial charge in [-0.25, -0.2) is 0 Å². The molecule has 0 unspecified atom stereocenters. The average Bonchev–Trinajstić information content (AvgIpc) is 3.76. The molecule has 1 nitrogen and oxygen atoms in total. The molecule has 1 heteroatoms. The third kappa shape index (κ3) is 3.21. The highest BCUT2D eigenvalue weighted by molar-refractivity contribution is 6.11. The standard InChI is InChI=1S/C47H29N/c1-2-12-33(13-3-1)48-44-21-11-7-17-37(44)38-26-25-32(29-45(38)48)31-23-22-30-24-27-39-36-16-6-10-20-43(36)47(46(39)40(30)28-31)41-18-8-4-14-34(41)35-15-5-9-19-42(35)47/h1-29H. The van der Waals surface area contributed by atoms with Crippen LogP contribution in [0.1, 0.15) is 22.3 Å². The summed E-state index contributed by atoms with van der Waals surface area (Å²) in [4.78, 5) is 0. The van der Waals surface area contributed by atoms with Crippen LogP contribution in [0, 0.1) is 0 Å². The number of benzene rings is 8. The van der Waals surface area contributed by atoms with Crippen molar-refractivity contribution in [1.29, 1.82) is 0 Å². The number of nitrogens with zero attached hydrogens (tertiary/aromatic N) is 1. The van der Waals surface area contributed by atoms with E-state index < -0.39 is 0 Å². The second-order valence-electron chi connectivity index (χ2n) is 13.2. The van der Waals surface area contributed by atoms with Gasteiger partial charge in [0, 0.05) is 16.5 Å². The lowest BCUT2D eigenvalue weighted by Crippen LogP contribution is -2.26. The fraction of sp³-hybridized carbons (Fsp3) is 0.0213. The van der Waals surface area contributed by atoms with Crippen molar-refractivity contribution < 1.29 is 0 Å². The fourth-order valence-electron chi connectivity index (χ4n) is 9.11. The minimum absolute atomic E-state index is 0.374. The molecule has 0 saturated carbocycles. The maximum Gasteiger partial charge on any atom is 0.0731 e. The monoisotopic (exact) mass is 607 g/mol. The van der Waals surface area contributed by atoms with E-state index in [1.807, 2.05) is 0 Å². The summed E-state index contributed by atoms with van der Waals surface area (Å²) in [5, 5.41) is 5.13. The number of rotatable bonds is 2. The molecule has 1 spiro atoms. The summed E-state index contributed by atoms with van der Waals surface area (Å²) in [7, 11) is 0. The molecule has 2 aliphatic rings. The van der Waals surface area contributed by atoms with Gasteiger partial charge >= 0.3 is 0 Å². The van der Waals surface area contributed by atoms with E-state index in [9.17, 15) is 0 Å². The minimum atomic E-state index is -0.374. The topological polar surface area (TPSA) is 4.93 Å². The molecule has 1 heterocycles. The summed E-state index contributed by atoms with van der Waals surface area (Å²) in [6, 6.07) is 65.5. The molecule has 0 bridgehead atoms. The first-order valence-corrected chi connectivity index (χ1v) is 16.8. The maximum atomic E-state index is 2.46. The Bertz CT molecular complexity index is 2720. The smallest absolute Gasteiger partial charge is 0.0731 e. The lowest BCUT2D eigenvalue weighted by molar-refractivity contribution is 0.801. The Morgan fingerprint density at radius 1 is 0.354 bits per heavy atom. The molecule has 8 aromatic carbocycles. The second kappa shape index (κ2) is 9.44. The van der Waals surface area contributed by atoms with E-state index in [1.54, 1.807) is 0 Å². The van der Waals surface area contributed by atoms with Crippen molar-refractivity contribution in [2.45, 2.75) is 5.41 Å². The molecule has 0 N–H and O–H groups in total. The number of para-hydroxylation sites is 2. The second-order valence-corrected chi connectivity index (χ2v) is 13.2. The van der Waals surface area contributed by atoms with E-state index in [1.165, 1.54) is 93.9 Å². The number of hydrogen-bond acceptors (Lipinski definition) is 0. The van der Waals surface area contributed by atoms with E-state index in [0.717, 1.165) is 0 Å². The van der Waals surface area contributed by atoms with Crippen LogP contribution in [0.15, 0.2) is 176 Å². The first-order chi connectivity index (χ1) is 23.8. The van der Waals surface area contributed by atoms with Gasteiger partial charge in [-0.15, -0.1) is 0 Å². The van der Waals surface area contributed by atoms with Crippen LogP contribution >= 0.6 is 0 Å². The summed E-state index contributed by atoms with van der Waals surface area (Å²) in [6.45, 7) is 0. The van der Waals surface area contributed by atoms with E-state index >= 15 is 0 Å². The Labute approximate surface area is 279 Å². The van der Waals surface area contributed by atoms with Gasteiger partial charge in [0.2, 0.25) is 0 Å². The van der Waals surface area contributed by atoms with Crippen molar-refractivity contribution in [3.63, 3.8) is 0 Å². The molecule has 0 saturated heterocycles. The van der Waals surface area contributed by atoms with Gasteiger partial charge < -0.3 is 4.57 Å². The molecule has 48 heavy (non-hydrogen) atoms. The minimum Gasteiger partial charge on any atom is -0.309 e. The molecular weight excluding hydrogens is 579 g/mol. The zero-order valence-electron chi connectivity index (χ0n) is 26.2. The predicted octanol–water partition coefficient (Wildman–Crippen LogP) is 11.9. The van der Waals surface area contributed by atoms with Crippen LogP contribution in [0.2, 0.25) is 0 Å². The Balaban J connectivity index is 1.21. The molecule has 0 amide bonds. The largest absolute Gasteiger partial charge is 0.309 e. The molecule has 0 fully saturated rings. The Kier molecular flexibility index (Phi) is 5.10. The molecule has 11 rings (SSSR count). The quantitative estimate of drug-likeness (QED) is 0.184. The zero-order chi connectivity index (χ0) is 31.4. The lowest BCUT2D eigenvalue weighted by Gasteiger charge is -2.31. The van der Waals surface area contributed by atoms with Gasteiger partial charge in [-0.3, -0.25) is 0 Å². The van der Waals surface area contributed by atoms with Crippen LogP contribution in [0.4, 0.5) is 0 Å². The fourth-order valence-corrected chi connectivity index (χ4v) is 9.11. The van der Waals surface area contributed by atoms with Gasteiger partial charge in [0.05, 0.1) is 16.4 Å². The highest BCUT2D eigenvalue weighted by Crippen LogP contribution is 2.64. The van der Waals surface area contributed by atoms with E-state index in [-0.39, 0.29) is 5.41 Å². The first kappa shape index (κ1) is 25.9. The predicted molar refractivity (Wildman–Crippen MR) is 200 cm³/mol. The Hall–Kier alpha value is -6.18. The zero-order valence-corrected chi connectivity index (χ0v) is 26.2. The molecule has 9 aromatic rings. The van der Waals surface area contributed by atoms with Gasteiger partial charge in [-0.2, -0.15) is 0 Å². The first-order valence-electron chi connectivity index (χ1n) is 16.8. The summed E-state index contributed by atoms with van der Waals surface area (Å²) >= 11 is 0. The van der Waals surface area contributed by atoms with Crippen LogP contribution in [0.3, 0.4) is 0 Å². The SMILES string of the molecule is c1ccc(-n2c3ccccc3c3ccc(-c4ccc5ccc6c(c5c4)C4(c5ccccc5-c5ccccc54)c4ccccc4-6)cc32)cc1. The van der Waals surface area contributed by atoms with Gasteiger partial charge in [-0.05, 0) is 96.7 Å². The van der Waals surface area contributed by atoms with E-state index in [4.69, 9.17) is 0 Å². The normalized spacial score (nSPS) is 13.6. The van der Waals surface area contributed by atoms with Crippen LogP contribution in [0.25, 0.3) is 71.6 Å². The van der Waals surface area contributed by atoms with Crippen LogP contribution < -0.4 is 0 Å². The number of fused-ring (bicyclic) bond motifs is 15. The Morgan fingerprint density at radius 3 is 1.62 bits per heavy atom. The summed E-state index contributed by atoms with van der Waals surface area (Å²) in [5.41, 5.74) is 16.6. The van der Waals surface area contributed by atoms with Crippen LogP contribution in [-0.2, 0) is 5.41 Å². The van der Waals surface area contributed by atoms with Crippen molar-refractivity contribution in [1.82, 2.24) is 4.57 Å². The van der Waals surface area contributed by atoms with E-state index in [2.05, 4.69) is 180 Å². The molecule has 0 radical (unpaired) electrons. The van der Waals surface area contributed by atoms with Crippen molar-refractivity contribution in [3.8, 4) is 39.1 Å². The molecular formula is C47H29N. The van der Waals surface area contributed by atoms with Crippen molar-refractivity contribution in [3.05, 3.63) is 198 Å². The average molecular weight is 608 g/mol. The Morgan fingerprint density at radius 2 is 0.896 bits per heavy atom. The molecule has 0 atom stereocenters. The lowest BCUT2D eigenvalue weighted by atomic mass is 9.69. The van der Waals surface area contributed by atoms with Crippen LogP contribution in [0.5, 0.6) is 0 Å². The summed E-state index contributed by atoms with van der Waals surface area (Å²) < 4.78 is 2.41. The van der Waals surface area contributed by atoms with Gasteiger partial charge in [0.1, 0.15) is 0 Å². The number of hydrogen-bond donors (Lipinski definition) is 0. The molecule has 222 valence electrons. The number of aromatic nitrogens is 1. The van der Waals surface area contributed by atoms with Crippen molar-refractivity contribution >= 4 is 32.6 Å². The van der Waals surface area contributed by atoms with Crippen molar-refractivity contribution in [2.24, 2.45) is 0 Å². The highest BCUT2D eigenvalue weighted by Gasteiger charge is 2.52. The summed E-state index contributed by atoms with van der Waals surface area (Å²) in [5.74, 6) is 0. The molecule has 0 aliphatic heterocycles. The third-order valence-corrected chi connectivity index (χ3v) is 11.0. The highest BCUT2D eigenvalue weighted by atomic mass is 15.0.